The van der Waals surface area contributed by atoms with Crippen LogP contribution < -0.4 is 10.6 Å². The minimum atomic E-state index is -0.117. The van der Waals surface area contributed by atoms with Gasteiger partial charge >= 0.3 is 6.03 Å². The van der Waals surface area contributed by atoms with Crippen molar-refractivity contribution < 1.29 is 9.53 Å². The molecule has 0 radical (unpaired) electrons. The van der Waals surface area contributed by atoms with Crippen LogP contribution in [0.3, 0.4) is 0 Å². The van der Waals surface area contributed by atoms with E-state index in [0.717, 1.165) is 38.8 Å². The third-order valence-electron chi connectivity index (χ3n) is 2.01. The van der Waals surface area contributed by atoms with Gasteiger partial charge in [0.1, 0.15) is 6.23 Å². The monoisotopic (exact) mass is 216 g/mol. The summed E-state index contributed by atoms with van der Waals surface area (Å²) in [5.41, 5.74) is 0. The molecule has 1 rings (SSSR count). The highest BCUT2D eigenvalue weighted by Crippen LogP contribution is 2.09. The van der Waals surface area contributed by atoms with Crippen LogP contribution >= 0.6 is 0 Å². The topological polar surface area (TPSA) is 50.4 Å². The molecule has 1 saturated heterocycles. The van der Waals surface area contributed by atoms with Crippen LogP contribution in [0.15, 0.2) is 0 Å². The standard InChI is InChI=1S/C9H18N2O2.C2H6/c1-2-6-10-9(12)11-8-5-3-4-7-13-8;1-2/h8H,2-7H2,1H3,(H2,10,11,12);1-2H3. The van der Waals surface area contributed by atoms with E-state index >= 15 is 0 Å². The largest absolute Gasteiger partial charge is 0.358 e. The predicted octanol–water partition coefficient (Wildman–Crippen LogP) is 2.25. The van der Waals surface area contributed by atoms with Gasteiger partial charge in [0, 0.05) is 13.2 Å². The zero-order valence-electron chi connectivity index (χ0n) is 10.1. The van der Waals surface area contributed by atoms with E-state index in [0.29, 0.717) is 0 Å². The highest BCUT2D eigenvalue weighted by Gasteiger charge is 2.15. The van der Waals surface area contributed by atoms with Crippen LogP contribution in [0.25, 0.3) is 0 Å². The van der Waals surface area contributed by atoms with Crippen molar-refractivity contribution in [3.05, 3.63) is 0 Å². The van der Waals surface area contributed by atoms with Crippen LogP contribution in [0.1, 0.15) is 46.5 Å². The van der Waals surface area contributed by atoms with Crippen LogP contribution in [0.2, 0.25) is 0 Å². The Balaban J connectivity index is 0.000000921. The summed E-state index contributed by atoms with van der Waals surface area (Å²) < 4.78 is 5.36. The van der Waals surface area contributed by atoms with Crippen LogP contribution in [0, 0.1) is 0 Å². The van der Waals surface area contributed by atoms with Crippen molar-refractivity contribution in [1.29, 1.82) is 0 Å². The van der Waals surface area contributed by atoms with Crippen molar-refractivity contribution in [3.63, 3.8) is 0 Å². The van der Waals surface area contributed by atoms with Crippen molar-refractivity contribution in [2.24, 2.45) is 0 Å². The zero-order valence-corrected chi connectivity index (χ0v) is 10.1. The van der Waals surface area contributed by atoms with E-state index in [1.54, 1.807) is 0 Å². The quantitative estimate of drug-likeness (QED) is 0.760. The Morgan fingerprint density at radius 3 is 2.67 bits per heavy atom. The molecule has 1 heterocycles. The molecule has 0 bridgehead atoms. The van der Waals surface area contributed by atoms with Gasteiger partial charge in [0.25, 0.3) is 0 Å². The first kappa shape index (κ1) is 14.2. The number of carbonyl (C=O) groups excluding carboxylic acids is 1. The fourth-order valence-electron chi connectivity index (χ4n) is 1.29. The highest BCUT2D eigenvalue weighted by atomic mass is 16.5. The molecular weight excluding hydrogens is 192 g/mol. The lowest BCUT2D eigenvalue weighted by atomic mass is 10.2. The number of hydrogen-bond donors (Lipinski definition) is 2. The van der Waals surface area contributed by atoms with Crippen LogP contribution in [-0.4, -0.2) is 25.4 Å². The van der Waals surface area contributed by atoms with Gasteiger partial charge in [-0.05, 0) is 25.7 Å². The third kappa shape index (κ3) is 7.19. The first-order valence-corrected chi connectivity index (χ1v) is 5.99. The van der Waals surface area contributed by atoms with E-state index in [4.69, 9.17) is 4.74 Å². The summed E-state index contributed by atoms with van der Waals surface area (Å²) in [5.74, 6) is 0. The molecule has 1 fully saturated rings. The van der Waals surface area contributed by atoms with E-state index in [9.17, 15) is 4.79 Å². The Bertz CT molecular complexity index is 157. The highest BCUT2D eigenvalue weighted by molar-refractivity contribution is 5.73. The molecule has 0 spiro atoms. The molecule has 2 amide bonds. The molecule has 2 N–H and O–H groups in total. The normalized spacial score (nSPS) is 19.8. The number of ether oxygens (including phenoxy) is 1. The maximum absolute atomic E-state index is 11.2. The molecule has 0 saturated carbocycles. The maximum Gasteiger partial charge on any atom is 0.316 e. The first-order valence-electron chi connectivity index (χ1n) is 5.99. The van der Waals surface area contributed by atoms with Gasteiger partial charge in [-0.3, -0.25) is 0 Å². The predicted molar refractivity (Wildman–Crippen MR) is 61.8 cm³/mol. The molecule has 0 aromatic heterocycles. The molecular formula is C11H24N2O2. The molecule has 4 nitrogen and oxygen atoms in total. The van der Waals surface area contributed by atoms with Crippen LogP contribution in [0.5, 0.6) is 0 Å². The summed E-state index contributed by atoms with van der Waals surface area (Å²) in [7, 11) is 0. The summed E-state index contributed by atoms with van der Waals surface area (Å²) in [6, 6.07) is -0.117. The number of urea groups is 1. The van der Waals surface area contributed by atoms with Gasteiger partial charge < -0.3 is 15.4 Å². The van der Waals surface area contributed by atoms with E-state index in [2.05, 4.69) is 10.6 Å². The lowest BCUT2D eigenvalue weighted by Crippen LogP contribution is -2.44. The second-order valence-electron chi connectivity index (χ2n) is 3.26. The smallest absolute Gasteiger partial charge is 0.316 e. The van der Waals surface area contributed by atoms with Gasteiger partial charge in [-0.25, -0.2) is 4.79 Å². The Morgan fingerprint density at radius 1 is 1.40 bits per heavy atom. The van der Waals surface area contributed by atoms with Crippen molar-refractivity contribution in [3.8, 4) is 0 Å². The SMILES string of the molecule is CC.CCCNC(=O)NC1CCCCO1. The molecule has 1 aliphatic heterocycles. The Kier molecular flexibility index (Phi) is 9.27. The van der Waals surface area contributed by atoms with E-state index in [1.165, 1.54) is 0 Å². The van der Waals surface area contributed by atoms with Gasteiger partial charge in [0.2, 0.25) is 0 Å². The van der Waals surface area contributed by atoms with E-state index in [-0.39, 0.29) is 12.3 Å². The van der Waals surface area contributed by atoms with E-state index in [1.807, 2.05) is 20.8 Å². The molecule has 1 atom stereocenters. The molecule has 1 unspecified atom stereocenters. The first-order chi connectivity index (χ1) is 7.33. The van der Waals surface area contributed by atoms with Gasteiger partial charge in [-0.15, -0.1) is 0 Å². The van der Waals surface area contributed by atoms with Crippen LogP contribution in [-0.2, 0) is 4.74 Å². The number of hydrogen-bond acceptors (Lipinski definition) is 2. The summed E-state index contributed by atoms with van der Waals surface area (Å²) in [6.45, 7) is 7.51. The molecule has 1 aliphatic rings. The molecule has 4 heteroatoms. The number of nitrogens with one attached hydrogen (secondary N) is 2. The number of rotatable bonds is 3. The average Bonchev–Trinajstić information content (AvgIpc) is 2.30. The average molecular weight is 216 g/mol. The lowest BCUT2D eigenvalue weighted by Gasteiger charge is -2.23. The summed E-state index contributed by atoms with van der Waals surface area (Å²) in [6.07, 6.45) is 4.05. The summed E-state index contributed by atoms with van der Waals surface area (Å²) >= 11 is 0. The van der Waals surface area contributed by atoms with Crippen molar-refractivity contribution >= 4 is 6.03 Å². The fraction of sp³-hybridized carbons (Fsp3) is 0.909. The Morgan fingerprint density at radius 2 is 2.13 bits per heavy atom. The van der Waals surface area contributed by atoms with Crippen molar-refractivity contribution in [2.75, 3.05) is 13.2 Å². The third-order valence-corrected chi connectivity index (χ3v) is 2.01. The fourth-order valence-corrected chi connectivity index (χ4v) is 1.29. The molecule has 0 aromatic carbocycles. The number of amides is 2. The minimum absolute atomic E-state index is 0.0781. The lowest BCUT2D eigenvalue weighted by molar-refractivity contribution is 0.00237. The zero-order chi connectivity index (χ0) is 11.5. The van der Waals surface area contributed by atoms with Crippen molar-refractivity contribution in [1.82, 2.24) is 10.6 Å². The van der Waals surface area contributed by atoms with Gasteiger partial charge in [0.05, 0.1) is 0 Å². The maximum atomic E-state index is 11.2. The Labute approximate surface area is 92.8 Å². The van der Waals surface area contributed by atoms with Crippen molar-refractivity contribution in [2.45, 2.75) is 52.7 Å². The molecule has 0 aromatic rings. The number of carbonyl (C=O) groups is 1. The molecule has 15 heavy (non-hydrogen) atoms. The Hall–Kier alpha value is -0.770. The minimum Gasteiger partial charge on any atom is -0.358 e. The van der Waals surface area contributed by atoms with Gasteiger partial charge in [-0.2, -0.15) is 0 Å². The second-order valence-corrected chi connectivity index (χ2v) is 3.26. The summed E-state index contributed by atoms with van der Waals surface area (Å²) in [5, 5.41) is 5.53. The van der Waals surface area contributed by atoms with Crippen LogP contribution in [0.4, 0.5) is 4.79 Å². The molecule has 0 aliphatic carbocycles. The van der Waals surface area contributed by atoms with E-state index < -0.39 is 0 Å². The van der Waals surface area contributed by atoms with Gasteiger partial charge in [-0.1, -0.05) is 20.8 Å². The molecule has 90 valence electrons. The van der Waals surface area contributed by atoms with Gasteiger partial charge in [0.15, 0.2) is 0 Å². The summed E-state index contributed by atoms with van der Waals surface area (Å²) in [4.78, 5) is 11.2. The second kappa shape index (κ2) is 9.77.